The number of carbonyl (C=O) groups excluding carboxylic acids is 3. The molecule has 0 saturated carbocycles. The normalized spacial score (nSPS) is 11.8. The number of rotatable bonds is 10. The van der Waals surface area contributed by atoms with Gasteiger partial charge in [0.1, 0.15) is 10.9 Å². The molecule has 0 saturated heterocycles. The highest BCUT2D eigenvalue weighted by Gasteiger charge is 2.23. The van der Waals surface area contributed by atoms with Crippen LogP contribution in [0.5, 0.6) is 0 Å². The Bertz CT molecular complexity index is 1890. The predicted octanol–water partition coefficient (Wildman–Crippen LogP) is 8.84. The lowest BCUT2D eigenvalue weighted by molar-refractivity contribution is -0.116. The zero-order valence-corrected chi connectivity index (χ0v) is 26.9. The highest BCUT2D eigenvalue weighted by Crippen LogP contribution is 2.37. The quantitative estimate of drug-likeness (QED) is 0.105. The molecule has 230 valence electrons. The number of carbonyl (C=O) groups is 3. The summed E-state index contributed by atoms with van der Waals surface area (Å²) in [5.74, 6) is -1.09. The summed E-state index contributed by atoms with van der Waals surface area (Å²) in [4.78, 5) is 41.1. The molecular formula is C38H32ClN3O3S. The van der Waals surface area contributed by atoms with Crippen LogP contribution in [-0.4, -0.2) is 17.7 Å². The van der Waals surface area contributed by atoms with Crippen LogP contribution in [0.4, 0.5) is 11.4 Å². The standard InChI is InChI=1S/C38H32ClN3O3S/c1-25-12-9-10-17-29(25)22-34(42-36(43)28-15-7-4-8-16-28)37(44)40-31-18-11-19-32(24-31)46-35(27-13-5-3-6-14-27)38(45)41-33-23-30(39)21-20-26(33)2/h3-24,35H,1-2H3,(H,40,44)(H,41,45)(H,42,43)/b34-22-. The molecule has 3 N–H and O–H groups in total. The Morgan fingerprint density at radius 1 is 0.717 bits per heavy atom. The van der Waals surface area contributed by atoms with E-state index < -0.39 is 17.1 Å². The molecule has 0 aliphatic carbocycles. The first-order chi connectivity index (χ1) is 22.3. The number of amides is 3. The Kier molecular flexibility index (Phi) is 10.7. The summed E-state index contributed by atoms with van der Waals surface area (Å²) in [6.07, 6.45) is 1.66. The van der Waals surface area contributed by atoms with E-state index in [2.05, 4.69) is 16.0 Å². The van der Waals surface area contributed by atoms with Crippen molar-refractivity contribution in [2.75, 3.05) is 10.6 Å². The zero-order chi connectivity index (χ0) is 32.5. The van der Waals surface area contributed by atoms with Gasteiger partial charge in [0.15, 0.2) is 0 Å². The zero-order valence-electron chi connectivity index (χ0n) is 25.3. The SMILES string of the molecule is Cc1ccccc1/C=C(\NC(=O)c1ccccc1)C(=O)Nc1cccc(SC(C(=O)Nc2cc(Cl)ccc2C)c2ccccc2)c1. The van der Waals surface area contributed by atoms with Crippen molar-refractivity contribution in [2.45, 2.75) is 24.0 Å². The van der Waals surface area contributed by atoms with E-state index in [-0.39, 0.29) is 11.6 Å². The third kappa shape index (κ3) is 8.53. The predicted molar refractivity (Wildman–Crippen MR) is 188 cm³/mol. The van der Waals surface area contributed by atoms with Crippen LogP contribution >= 0.6 is 23.4 Å². The van der Waals surface area contributed by atoms with E-state index in [0.29, 0.717) is 22.0 Å². The molecule has 0 heterocycles. The summed E-state index contributed by atoms with van der Waals surface area (Å²) >= 11 is 7.56. The molecule has 0 aromatic heterocycles. The number of thioether (sulfide) groups is 1. The highest BCUT2D eigenvalue weighted by molar-refractivity contribution is 8.00. The molecular weight excluding hydrogens is 614 g/mol. The van der Waals surface area contributed by atoms with E-state index in [1.165, 1.54) is 11.8 Å². The second-order valence-electron chi connectivity index (χ2n) is 10.6. The van der Waals surface area contributed by atoms with Crippen LogP contribution in [0.25, 0.3) is 6.08 Å². The van der Waals surface area contributed by atoms with Gasteiger partial charge in [-0.2, -0.15) is 0 Å². The molecule has 46 heavy (non-hydrogen) atoms. The Morgan fingerprint density at radius 2 is 1.41 bits per heavy atom. The van der Waals surface area contributed by atoms with E-state index >= 15 is 0 Å². The minimum atomic E-state index is -0.591. The molecule has 0 radical (unpaired) electrons. The average molecular weight is 646 g/mol. The van der Waals surface area contributed by atoms with Gasteiger partial charge in [0.05, 0.1) is 0 Å². The van der Waals surface area contributed by atoms with Crippen molar-refractivity contribution in [1.29, 1.82) is 0 Å². The maximum atomic E-state index is 13.7. The topological polar surface area (TPSA) is 87.3 Å². The molecule has 1 atom stereocenters. The minimum absolute atomic E-state index is 0.0969. The van der Waals surface area contributed by atoms with Crippen LogP contribution < -0.4 is 16.0 Å². The van der Waals surface area contributed by atoms with E-state index in [4.69, 9.17) is 11.6 Å². The van der Waals surface area contributed by atoms with Crippen molar-refractivity contribution in [2.24, 2.45) is 0 Å². The lowest BCUT2D eigenvalue weighted by atomic mass is 10.1. The smallest absolute Gasteiger partial charge is 0.272 e. The van der Waals surface area contributed by atoms with Gasteiger partial charge < -0.3 is 16.0 Å². The summed E-state index contributed by atoms with van der Waals surface area (Å²) in [7, 11) is 0. The van der Waals surface area contributed by atoms with Gasteiger partial charge in [-0.25, -0.2) is 0 Å². The molecule has 0 aliphatic heterocycles. The molecule has 6 nitrogen and oxygen atoms in total. The fourth-order valence-electron chi connectivity index (χ4n) is 4.66. The van der Waals surface area contributed by atoms with Crippen LogP contribution in [0.2, 0.25) is 5.02 Å². The molecule has 5 aromatic rings. The number of nitrogens with one attached hydrogen (secondary N) is 3. The summed E-state index contributed by atoms with van der Waals surface area (Å²) in [6.45, 7) is 3.85. The van der Waals surface area contributed by atoms with Gasteiger partial charge >= 0.3 is 0 Å². The second kappa shape index (κ2) is 15.3. The third-order valence-corrected chi connectivity index (χ3v) is 8.64. The van der Waals surface area contributed by atoms with Gasteiger partial charge in [-0.1, -0.05) is 96.5 Å². The highest BCUT2D eigenvalue weighted by atomic mass is 35.5. The van der Waals surface area contributed by atoms with Gasteiger partial charge in [-0.3, -0.25) is 14.4 Å². The number of hydrogen-bond acceptors (Lipinski definition) is 4. The summed E-state index contributed by atoms with van der Waals surface area (Å²) in [6, 6.07) is 38.5. The van der Waals surface area contributed by atoms with Crippen molar-refractivity contribution >= 4 is 58.5 Å². The molecule has 3 amide bonds. The molecule has 1 unspecified atom stereocenters. The molecule has 5 aromatic carbocycles. The Hall–Kier alpha value is -5.11. The Labute approximate surface area is 277 Å². The summed E-state index contributed by atoms with van der Waals surface area (Å²) in [5.41, 5.74) is 5.17. The van der Waals surface area contributed by atoms with Crippen molar-refractivity contribution in [3.63, 3.8) is 0 Å². The molecule has 5 rings (SSSR count). The molecule has 0 aliphatic rings. The lowest BCUT2D eigenvalue weighted by Gasteiger charge is -2.19. The van der Waals surface area contributed by atoms with Gasteiger partial charge in [0, 0.05) is 26.9 Å². The summed E-state index contributed by atoms with van der Waals surface area (Å²) in [5, 5.41) is 8.68. The molecule has 8 heteroatoms. The number of halogens is 1. The number of anilines is 2. The van der Waals surface area contributed by atoms with Gasteiger partial charge in [0.25, 0.3) is 11.8 Å². The third-order valence-electron chi connectivity index (χ3n) is 7.16. The van der Waals surface area contributed by atoms with Crippen molar-refractivity contribution in [3.05, 3.63) is 166 Å². The van der Waals surface area contributed by atoms with Gasteiger partial charge in [-0.05, 0) is 84.6 Å². The summed E-state index contributed by atoms with van der Waals surface area (Å²) < 4.78 is 0. The minimum Gasteiger partial charge on any atom is -0.325 e. The first kappa shape index (κ1) is 32.3. The fraction of sp³-hybridized carbons (Fsp3) is 0.0789. The van der Waals surface area contributed by atoms with Crippen molar-refractivity contribution in [3.8, 4) is 0 Å². The number of benzene rings is 5. The van der Waals surface area contributed by atoms with Crippen LogP contribution in [0.1, 0.15) is 37.9 Å². The van der Waals surface area contributed by atoms with E-state index in [0.717, 1.165) is 27.1 Å². The lowest BCUT2D eigenvalue weighted by Crippen LogP contribution is -2.30. The average Bonchev–Trinajstić information content (AvgIpc) is 3.07. The van der Waals surface area contributed by atoms with Crippen LogP contribution in [0.3, 0.4) is 0 Å². The van der Waals surface area contributed by atoms with Gasteiger partial charge in [-0.15, -0.1) is 11.8 Å². The number of hydrogen-bond donors (Lipinski definition) is 3. The maximum absolute atomic E-state index is 13.7. The Morgan fingerprint density at radius 3 is 2.15 bits per heavy atom. The number of aryl methyl sites for hydroxylation is 2. The molecule has 0 bridgehead atoms. The van der Waals surface area contributed by atoms with Crippen LogP contribution in [0, 0.1) is 13.8 Å². The van der Waals surface area contributed by atoms with E-state index in [1.54, 1.807) is 54.6 Å². The van der Waals surface area contributed by atoms with Crippen LogP contribution in [-0.2, 0) is 9.59 Å². The fourth-order valence-corrected chi connectivity index (χ4v) is 5.91. The molecule has 0 fully saturated rings. The molecule has 0 spiro atoms. The van der Waals surface area contributed by atoms with E-state index in [1.807, 2.05) is 92.7 Å². The largest absolute Gasteiger partial charge is 0.325 e. The van der Waals surface area contributed by atoms with Crippen molar-refractivity contribution < 1.29 is 14.4 Å². The van der Waals surface area contributed by atoms with E-state index in [9.17, 15) is 14.4 Å². The second-order valence-corrected chi connectivity index (χ2v) is 12.2. The van der Waals surface area contributed by atoms with Gasteiger partial charge in [0.2, 0.25) is 5.91 Å². The monoisotopic (exact) mass is 645 g/mol. The Balaban J connectivity index is 1.39. The van der Waals surface area contributed by atoms with Crippen molar-refractivity contribution in [1.82, 2.24) is 5.32 Å². The first-order valence-corrected chi connectivity index (χ1v) is 15.9. The maximum Gasteiger partial charge on any atom is 0.272 e. The first-order valence-electron chi connectivity index (χ1n) is 14.6. The van der Waals surface area contributed by atoms with Crippen LogP contribution in [0.15, 0.2) is 138 Å².